The van der Waals surface area contributed by atoms with Crippen LogP contribution in [0.15, 0.2) is 48.5 Å². The van der Waals surface area contributed by atoms with Crippen LogP contribution in [-0.4, -0.2) is 10.2 Å². The maximum absolute atomic E-state index is 11.3. The molecule has 0 unspecified atom stereocenters. The van der Waals surface area contributed by atoms with Crippen LogP contribution in [0.4, 0.5) is 0 Å². The largest absolute Gasteiger partial charge is 0.507 e. The topological polar surface area (TPSA) is 40.5 Å². The lowest BCUT2D eigenvalue weighted by atomic mass is 9.80. The molecule has 0 aromatic heterocycles. The zero-order valence-electron chi connectivity index (χ0n) is 15.4. The minimum atomic E-state index is -0.914. The maximum atomic E-state index is 11.3. The van der Waals surface area contributed by atoms with Gasteiger partial charge in [0.25, 0.3) is 0 Å². The Labute approximate surface area is 149 Å². The number of aryl methyl sites for hydroxylation is 2. The SMILES string of the molecule is CCC(O)(CC)c1ccc2ccccc2c1-c1c(C)cc(C)cc1O. The van der Waals surface area contributed by atoms with Gasteiger partial charge in [-0.2, -0.15) is 0 Å². The van der Waals surface area contributed by atoms with Crippen molar-refractivity contribution >= 4 is 10.8 Å². The number of phenolic OH excluding ortho intramolecular Hbond substituents is 1. The molecule has 0 amide bonds. The number of hydrogen-bond acceptors (Lipinski definition) is 2. The van der Waals surface area contributed by atoms with Crippen LogP contribution >= 0.6 is 0 Å². The third-order valence-electron chi connectivity index (χ3n) is 5.31. The van der Waals surface area contributed by atoms with Crippen LogP contribution in [0.25, 0.3) is 21.9 Å². The van der Waals surface area contributed by atoms with E-state index in [1.54, 1.807) is 6.07 Å². The van der Waals surface area contributed by atoms with Crippen molar-refractivity contribution in [1.82, 2.24) is 0 Å². The molecule has 0 fully saturated rings. The van der Waals surface area contributed by atoms with Crippen molar-refractivity contribution in [3.63, 3.8) is 0 Å². The van der Waals surface area contributed by atoms with Crippen LogP contribution in [-0.2, 0) is 5.60 Å². The van der Waals surface area contributed by atoms with Gasteiger partial charge in [-0.25, -0.2) is 0 Å². The lowest BCUT2D eigenvalue weighted by Gasteiger charge is -2.30. The van der Waals surface area contributed by atoms with Gasteiger partial charge in [-0.3, -0.25) is 0 Å². The molecular weight excluding hydrogens is 308 g/mol. The Hall–Kier alpha value is -2.32. The number of fused-ring (bicyclic) bond motifs is 1. The standard InChI is InChI=1S/C23H26O2/c1-5-23(25,6-2)19-12-11-17-9-7-8-10-18(17)22(19)21-16(4)13-15(3)14-20(21)24/h7-14,24-25H,5-6H2,1-4H3. The molecule has 3 aromatic rings. The summed E-state index contributed by atoms with van der Waals surface area (Å²) in [5.74, 6) is 0.268. The van der Waals surface area contributed by atoms with Gasteiger partial charge in [0.2, 0.25) is 0 Å². The fourth-order valence-electron chi connectivity index (χ4n) is 3.83. The number of aromatic hydroxyl groups is 1. The van der Waals surface area contributed by atoms with Gasteiger partial charge in [-0.15, -0.1) is 0 Å². The fourth-order valence-corrected chi connectivity index (χ4v) is 3.83. The molecule has 130 valence electrons. The van der Waals surface area contributed by atoms with E-state index >= 15 is 0 Å². The highest BCUT2D eigenvalue weighted by Crippen LogP contribution is 2.45. The van der Waals surface area contributed by atoms with Gasteiger partial charge in [-0.05, 0) is 65.8 Å². The highest BCUT2D eigenvalue weighted by molar-refractivity contribution is 6.00. The molecule has 2 N–H and O–H groups in total. The second kappa shape index (κ2) is 6.53. The smallest absolute Gasteiger partial charge is 0.123 e. The van der Waals surface area contributed by atoms with Gasteiger partial charge in [-0.1, -0.05) is 56.3 Å². The molecule has 0 aliphatic heterocycles. The van der Waals surface area contributed by atoms with E-state index in [9.17, 15) is 10.2 Å². The molecule has 0 saturated heterocycles. The Bertz CT molecular complexity index is 898. The predicted molar refractivity (Wildman–Crippen MR) is 105 cm³/mol. The first-order chi connectivity index (χ1) is 11.9. The van der Waals surface area contributed by atoms with Crippen molar-refractivity contribution in [2.75, 3.05) is 0 Å². The molecule has 2 nitrogen and oxygen atoms in total. The lowest BCUT2D eigenvalue weighted by molar-refractivity contribution is 0.0290. The summed E-state index contributed by atoms with van der Waals surface area (Å²) in [6.07, 6.45) is 1.25. The first-order valence-corrected chi connectivity index (χ1v) is 8.96. The van der Waals surface area contributed by atoms with Gasteiger partial charge in [0.1, 0.15) is 5.75 Å². The van der Waals surface area contributed by atoms with Crippen LogP contribution in [0.1, 0.15) is 43.4 Å². The third-order valence-corrected chi connectivity index (χ3v) is 5.31. The van der Waals surface area contributed by atoms with Crippen LogP contribution < -0.4 is 0 Å². The van der Waals surface area contributed by atoms with Crippen molar-refractivity contribution in [2.45, 2.75) is 46.1 Å². The lowest BCUT2D eigenvalue weighted by Crippen LogP contribution is -2.24. The van der Waals surface area contributed by atoms with Gasteiger partial charge in [0, 0.05) is 5.56 Å². The normalized spacial score (nSPS) is 11.9. The van der Waals surface area contributed by atoms with Crippen LogP contribution in [0.2, 0.25) is 0 Å². The second-order valence-electron chi connectivity index (χ2n) is 6.92. The molecule has 0 aliphatic carbocycles. The van der Waals surface area contributed by atoms with Crippen molar-refractivity contribution in [3.8, 4) is 16.9 Å². The number of aliphatic hydroxyl groups is 1. The first-order valence-electron chi connectivity index (χ1n) is 8.96. The molecule has 0 saturated carbocycles. The molecule has 0 heterocycles. The predicted octanol–water partition coefficient (Wildman–Crippen LogP) is 5.84. The van der Waals surface area contributed by atoms with E-state index in [0.29, 0.717) is 12.8 Å². The third kappa shape index (κ3) is 2.91. The van der Waals surface area contributed by atoms with Crippen molar-refractivity contribution in [1.29, 1.82) is 0 Å². The Kier molecular flexibility index (Phi) is 4.57. The Morgan fingerprint density at radius 2 is 1.56 bits per heavy atom. The number of phenols is 1. The molecule has 3 rings (SSSR count). The van der Waals surface area contributed by atoms with Crippen LogP contribution in [0, 0.1) is 13.8 Å². The zero-order valence-corrected chi connectivity index (χ0v) is 15.4. The van der Waals surface area contributed by atoms with E-state index in [2.05, 4.69) is 24.3 Å². The molecule has 0 bridgehead atoms. The van der Waals surface area contributed by atoms with Gasteiger partial charge >= 0.3 is 0 Å². The number of rotatable bonds is 4. The highest BCUT2D eigenvalue weighted by Gasteiger charge is 2.30. The molecule has 0 radical (unpaired) electrons. The van der Waals surface area contributed by atoms with Crippen LogP contribution in [0.5, 0.6) is 5.75 Å². The Morgan fingerprint density at radius 3 is 2.20 bits per heavy atom. The van der Waals surface area contributed by atoms with Crippen molar-refractivity contribution in [3.05, 3.63) is 65.2 Å². The zero-order chi connectivity index (χ0) is 18.2. The van der Waals surface area contributed by atoms with E-state index in [-0.39, 0.29) is 5.75 Å². The van der Waals surface area contributed by atoms with Gasteiger partial charge in [0.05, 0.1) is 5.60 Å². The summed E-state index contributed by atoms with van der Waals surface area (Å²) in [7, 11) is 0. The molecular formula is C23H26O2. The summed E-state index contributed by atoms with van der Waals surface area (Å²) >= 11 is 0. The molecule has 0 spiro atoms. The van der Waals surface area contributed by atoms with E-state index in [4.69, 9.17) is 0 Å². The van der Waals surface area contributed by atoms with Crippen molar-refractivity contribution < 1.29 is 10.2 Å². The molecule has 25 heavy (non-hydrogen) atoms. The van der Waals surface area contributed by atoms with Crippen LogP contribution in [0.3, 0.4) is 0 Å². The minimum Gasteiger partial charge on any atom is -0.507 e. The number of hydrogen-bond donors (Lipinski definition) is 2. The second-order valence-corrected chi connectivity index (χ2v) is 6.92. The van der Waals surface area contributed by atoms with Gasteiger partial charge < -0.3 is 10.2 Å². The maximum Gasteiger partial charge on any atom is 0.123 e. The van der Waals surface area contributed by atoms with Gasteiger partial charge in [0.15, 0.2) is 0 Å². The van der Waals surface area contributed by atoms with E-state index < -0.39 is 5.60 Å². The fraction of sp³-hybridized carbons (Fsp3) is 0.304. The molecule has 0 atom stereocenters. The van der Waals surface area contributed by atoms with E-state index in [0.717, 1.165) is 38.6 Å². The molecule has 2 heteroatoms. The molecule has 3 aromatic carbocycles. The minimum absolute atomic E-state index is 0.268. The summed E-state index contributed by atoms with van der Waals surface area (Å²) in [6.45, 7) is 8.01. The monoisotopic (exact) mass is 334 g/mol. The Morgan fingerprint density at radius 1 is 0.880 bits per heavy atom. The number of benzene rings is 3. The summed E-state index contributed by atoms with van der Waals surface area (Å²) in [6, 6.07) is 16.1. The summed E-state index contributed by atoms with van der Waals surface area (Å²) in [5.41, 5.74) is 3.78. The summed E-state index contributed by atoms with van der Waals surface area (Å²) in [5, 5.41) is 24.2. The molecule has 0 aliphatic rings. The van der Waals surface area contributed by atoms with E-state index in [1.807, 2.05) is 45.9 Å². The first kappa shape index (κ1) is 17.5. The average molecular weight is 334 g/mol. The Balaban J connectivity index is 2.47. The van der Waals surface area contributed by atoms with E-state index in [1.165, 1.54) is 0 Å². The van der Waals surface area contributed by atoms with Crippen molar-refractivity contribution in [2.24, 2.45) is 0 Å². The summed E-state index contributed by atoms with van der Waals surface area (Å²) in [4.78, 5) is 0. The quantitative estimate of drug-likeness (QED) is 0.629. The highest BCUT2D eigenvalue weighted by atomic mass is 16.3. The summed E-state index contributed by atoms with van der Waals surface area (Å²) < 4.78 is 0. The average Bonchev–Trinajstić information content (AvgIpc) is 2.60.